The van der Waals surface area contributed by atoms with Crippen LogP contribution < -0.4 is 5.32 Å². The van der Waals surface area contributed by atoms with E-state index < -0.39 is 0 Å². The number of benzene rings is 1. The van der Waals surface area contributed by atoms with Gasteiger partial charge in [0, 0.05) is 42.7 Å². The van der Waals surface area contributed by atoms with Crippen LogP contribution in [0, 0.1) is 5.92 Å². The van der Waals surface area contributed by atoms with Crippen molar-refractivity contribution in [1.29, 1.82) is 0 Å². The molecule has 0 bridgehead atoms. The van der Waals surface area contributed by atoms with Gasteiger partial charge in [0.15, 0.2) is 0 Å². The molecular formula is C20H27N3O2. The van der Waals surface area contributed by atoms with Crippen molar-refractivity contribution in [2.75, 3.05) is 13.1 Å². The molecule has 2 amide bonds. The first kappa shape index (κ1) is 17.5. The van der Waals surface area contributed by atoms with Crippen LogP contribution in [0.5, 0.6) is 0 Å². The van der Waals surface area contributed by atoms with E-state index in [9.17, 15) is 9.59 Å². The summed E-state index contributed by atoms with van der Waals surface area (Å²) < 4.78 is 0. The molecule has 2 aromatic rings. The predicted molar refractivity (Wildman–Crippen MR) is 99.2 cm³/mol. The minimum Gasteiger partial charge on any atom is -0.361 e. The van der Waals surface area contributed by atoms with Crippen LogP contribution in [-0.4, -0.2) is 40.8 Å². The van der Waals surface area contributed by atoms with Crippen molar-refractivity contribution < 1.29 is 9.59 Å². The highest BCUT2D eigenvalue weighted by atomic mass is 16.2. The van der Waals surface area contributed by atoms with Gasteiger partial charge in [-0.3, -0.25) is 9.59 Å². The number of hydrogen-bond donors (Lipinski definition) is 2. The Bertz CT molecular complexity index is 750. The topological polar surface area (TPSA) is 65.2 Å². The molecule has 1 aliphatic rings. The van der Waals surface area contributed by atoms with Gasteiger partial charge in [0.1, 0.15) is 0 Å². The van der Waals surface area contributed by atoms with Gasteiger partial charge in [-0.15, -0.1) is 0 Å². The first-order valence-corrected chi connectivity index (χ1v) is 9.17. The van der Waals surface area contributed by atoms with E-state index in [4.69, 9.17) is 0 Å². The second kappa shape index (κ2) is 7.72. The quantitative estimate of drug-likeness (QED) is 0.878. The molecule has 1 saturated heterocycles. The summed E-state index contributed by atoms with van der Waals surface area (Å²) in [5, 5.41) is 4.15. The van der Waals surface area contributed by atoms with Crippen LogP contribution in [0.25, 0.3) is 10.9 Å². The summed E-state index contributed by atoms with van der Waals surface area (Å²) in [4.78, 5) is 29.9. The standard InChI is InChI=1S/C20H27N3O2/c1-14(2)22-20(25)16-6-5-11-23(13-16)19(24)10-9-15-12-21-18-8-4-3-7-17(15)18/h3-4,7-8,12,14,16,21H,5-6,9-11,13H2,1-2H3,(H,22,25)/t16-/m0/s1. The van der Waals surface area contributed by atoms with Crippen molar-refractivity contribution in [3.05, 3.63) is 36.0 Å². The van der Waals surface area contributed by atoms with E-state index in [0.29, 0.717) is 13.0 Å². The average molecular weight is 341 g/mol. The zero-order chi connectivity index (χ0) is 17.8. The van der Waals surface area contributed by atoms with Gasteiger partial charge in [-0.25, -0.2) is 0 Å². The number of rotatable bonds is 5. The zero-order valence-corrected chi connectivity index (χ0v) is 15.0. The third kappa shape index (κ3) is 4.21. The van der Waals surface area contributed by atoms with Crippen LogP contribution in [0.4, 0.5) is 0 Å². The number of carbonyl (C=O) groups is 2. The highest BCUT2D eigenvalue weighted by Gasteiger charge is 2.28. The molecule has 0 saturated carbocycles. The third-order valence-electron chi connectivity index (χ3n) is 4.86. The summed E-state index contributed by atoms with van der Waals surface area (Å²) in [5.41, 5.74) is 2.28. The molecule has 0 unspecified atom stereocenters. The first-order chi connectivity index (χ1) is 12.0. The molecule has 0 aliphatic carbocycles. The molecule has 2 N–H and O–H groups in total. The van der Waals surface area contributed by atoms with Gasteiger partial charge in [-0.2, -0.15) is 0 Å². The maximum atomic E-state index is 12.6. The Morgan fingerprint density at radius 2 is 2.12 bits per heavy atom. The summed E-state index contributed by atoms with van der Waals surface area (Å²) in [6.45, 7) is 5.24. The third-order valence-corrected chi connectivity index (χ3v) is 4.86. The number of amides is 2. The van der Waals surface area contributed by atoms with Crippen molar-refractivity contribution in [2.45, 2.75) is 45.6 Å². The van der Waals surface area contributed by atoms with Crippen LogP contribution in [0.1, 0.15) is 38.7 Å². The van der Waals surface area contributed by atoms with Gasteiger partial charge in [0.2, 0.25) is 11.8 Å². The van der Waals surface area contributed by atoms with E-state index in [-0.39, 0.29) is 23.8 Å². The number of aromatic amines is 1. The van der Waals surface area contributed by atoms with E-state index >= 15 is 0 Å². The fraction of sp³-hybridized carbons (Fsp3) is 0.500. The lowest BCUT2D eigenvalue weighted by Gasteiger charge is -2.32. The molecule has 134 valence electrons. The molecule has 1 atom stereocenters. The summed E-state index contributed by atoms with van der Waals surface area (Å²) in [6, 6.07) is 8.29. The lowest BCUT2D eigenvalue weighted by Crippen LogP contribution is -2.46. The normalized spacial score (nSPS) is 17.9. The molecule has 1 aromatic heterocycles. The van der Waals surface area contributed by atoms with Crippen molar-refractivity contribution >= 4 is 22.7 Å². The number of piperidine rings is 1. The monoisotopic (exact) mass is 341 g/mol. The smallest absolute Gasteiger partial charge is 0.225 e. The number of likely N-dealkylation sites (tertiary alicyclic amines) is 1. The molecule has 3 rings (SSSR count). The number of nitrogens with zero attached hydrogens (tertiary/aromatic N) is 1. The van der Waals surface area contributed by atoms with Crippen molar-refractivity contribution in [1.82, 2.24) is 15.2 Å². The van der Waals surface area contributed by atoms with Gasteiger partial charge >= 0.3 is 0 Å². The van der Waals surface area contributed by atoms with Crippen molar-refractivity contribution in [3.63, 3.8) is 0 Å². The Morgan fingerprint density at radius 1 is 1.32 bits per heavy atom. The Kier molecular flexibility index (Phi) is 5.41. The molecule has 1 aliphatic heterocycles. The lowest BCUT2D eigenvalue weighted by atomic mass is 9.96. The Morgan fingerprint density at radius 3 is 2.92 bits per heavy atom. The number of para-hydroxylation sites is 1. The average Bonchev–Trinajstić information content (AvgIpc) is 3.02. The fourth-order valence-corrected chi connectivity index (χ4v) is 3.56. The van der Waals surface area contributed by atoms with E-state index in [0.717, 1.165) is 31.3 Å². The first-order valence-electron chi connectivity index (χ1n) is 9.17. The second-order valence-corrected chi connectivity index (χ2v) is 7.20. The van der Waals surface area contributed by atoms with Crippen LogP contribution in [0.2, 0.25) is 0 Å². The summed E-state index contributed by atoms with van der Waals surface area (Å²) in [6.07, 6.45) is 4.97. The zero-order valence-electron chi connectivity index (χ0n) is 15.0. The Hall–Kier alpha value is -2.30. The molecule has 25 heavy (non-hydrogen) atoms. The number of aryl methyl sites for hydroxylation is 1. The number of H-pyrrole nitrogens is 1. The molecule has 0 radical (unpaired) electrons. The number of hydrogen-bond acceptors (Lipinski definition) is 2. The highest BCUT2D eigenvalue weighted by Crippen LogP contribution is 2.21. The van der Waals surface area contributed by atoms with Crippen LogP contribution in [-0.2, 0) is 16.0 Å². The SMILES string of the molecule is CC(C)NC(=O)[C@H]1CCCN(C(=O)CCc2c[nH]c3ccccc23)C1. The van der Waals surface area contributed by atoms with Crippen LogP contribution in [0.3, 0.4) is 0 Å². The van der Waals surface area contributed by atoms with Gasteiger partial charge in [0.05, 0.1) is 5.92 Å². The summed E-state index contributed by atoms with van der Waals surface area (Å²) in [5.74, 6) is 0.143. The number of aromatic nitrogens is 1. The Labute approximate surface area is 148 Å². The largest absolute Gasteiger partial charge is 0.361 e. The summed E-state index contributed by atoms with van der Waals surface area (Å²) >= 11 is 0. The second-order valence-electron chi connectivity index (χ2n) is 7.20. The fourth-order valence-electron chi connectivity index (χ4n) is 3.56. The van der Waals surface area contributed by atoms with Crippen LogP contribution >= 0.6 is 0 Å². The molecular weight excluding hydrogens is 314 g/mol. The van der Waals surface area contributed by atoms with E-state index in [2.05, 4.69) is 16.4 Å². The molecule has 5 nitrogen and oxygen atoms in total. The summed E-state index contributed by atoms with van der Waals surface area (Å²) in [7, 11) is 0. The van der Waals surface area contributed by atoms with Gasteiger partial charge in [0.25, 0.3) is 0 Å². The predicted octanol–water partition coefficient (Wildman–Crippen LogP) is 2.86. The molecule has 1 fully saturated rings. The lowest BCUT2D eigenvalue weighted by molar-refractivity contribution is -0.135. The maximum Gasteiger partial charge on any atom is 0.225 e. The molecule has 1 aromatic carbocycles. The Balaban J connectivity index is 1.56. The molecule has 5 heteroatoms. The number of fused-ring (bicyclic) bond motifs is 1. The van der Waals surface area contributed by atoms with Crippen LogP contribution in [0.15, 0.2) is 30.5 Å². The van der Waals surface area contributed by atoms with Gasteiger partial charge < -0.3 is 15.2 Å². The van der Waals surface area contributed by atoms with E-state index in [1.807, 2.05) is 43.1 Å². The van der Waals surface area contributed by atoms with Crippen molar-refractivity contribution in [3.8, 4) is 0 Å². The van der Waals surface area contributed by atoms with E-state index in [1.165, 1.54) is 10.9 Å². The maximum absolute atomic E-state index is 12.6. The number of carbonyl (C=O) groups excluding carboxylic acids is 2. The van der Waals surface area contributed by atoms with E-state index in [1.54, 1.807) is 0 Å². The minimum atomic E-state index is -0.0758. The molecule has 2 heterocycles. The number of nitrogens with one attached hydrogen (secondary N) is 2. The highest BCUT2D eigenvalue weighted by molar-refractivity contribution is 5.84. The minimum absolute atomic E-state index is 0.0733. The van der Waals surface area contributed by atoms with Gasteiger partial charge in [-0.1, -0.05) is 18.2 Å². The molecule has 0 spiro atoms. The van der Waals surface area contributed by atoms with Crippen molar-refractivity contribution in [2.24, 2.45) is 5.92 Å². The van der Waals surface area contributed by atoms with Gasteiger partial charge in [-0.05, 0) is 44.7 Å².